The van der Waals surface area contributed by atoms with E-state index in [0.717, 1.165) is 10.6 Å². The molecular formula is C15H16N2O3S3. The van der Waals surface area contributed by atoms with Crippen molar-refractivity contribution in [2.45, 2.75) is 23.5 Å². The Bertz CT molecular complexity index is 830. The summed E-state index contributed by atoms with van der Waals surface area (Å²) in [6.45, 7) is 1.87. The van der Waals surface area contributed by atoms with E-state index in [1.54, 1.807) is 12.1 Å². The Morgan fingerprint density at radius 2 is 2.17 bits per heavy atom. The second kappa shape index (κ2) is 6.62. The van der Waals surface area contributed by atoms with Crippen molar-refractivity contribution >= 4 is 44.0 Å². The molecule has 1 aromatic carbocycles. The summed E-state index contributed by atoms with van der Waals surface area (Å²) in [6, 6.07) is 7.27. The van der Waals surface area contributed by atoms with Crippen LogP contribution in [0.5, 0.6) is 0 Å². The molecule has 1 aliphatic heterocycles. The van der Waals surface area contributed by atoms with Crippen LogP contribution in [0.4, 0.5) is 5.13 Å². The minimum atomic E-state index is -2.92. The van der Waals surface area contributed by atoms with Crippen LogP contribution in [0.25, 0.3) is 0 Å². The highest BCUT2D eigenvalue weighted by molar-refractivity contribution is 8.02. The van der Waals surface area contributed by atoms with E-state index >= 15 is 0 Å². The number of thiazole rings is 1. The van der Waals surface area contributed by atoms with E-state index in [0.29, 0.717) is 17.1 Å². The lowest BCUT2D eigenvalue weighted by Crippen LogP contribution is -2.14. The van der Waals surface area contributed by atoms with Gasteiger partial charge in [-0.15, -0.1) is 23.1 Å². The fraction of sp³-hybridized carbons (Fsp3) is 0.333. The number of nitrogens with zero attached hydrogens (tertiary/aromatic N) is 1. The van der Waals surface area contributed by atoms with E-state index in [9.17, 15) is 13.2 Å². The van der Waals surface area contributed by atoms with Crippen LogP contribution in [0.1, 0.15) is 22.5 Å². The van der Waals surface area contributed by atoms with Gasteiger partial charge in [0.2, 0.25) is 0 Å². The van der Waals surface area contributed by atoms with E-state index < -0.39 is 9.84 Å². The topological polar surface area (TPSA) is 76.1 Å². The predicted molar refractivity (Wildman–Crippen MR) is 94.2 cm³/mol. The Hall–Kier alpha value is -1.38. The third-order valence-corrected chi connectivity index (χ3v) is 7.66. The summed E-state index contributed by atoms with van der Waals surface area (Å²) in [7, 11) is -2.92. The molecular weight excluding hydrogens is 352 g/mol. The molecule has 23 heavy (non-hydrogen) atoms. The molecule has 2 aromatic rings. The molecule has 3 rings (SSSR count). The summed E-state index contributed by atoms with van der Waals surface area (Å²) in [5.74, 6) is 0.194. The standard InChI is InChI=1S/C15H16N2O3S3/c1-10-8-21-15(16-10)17-14(18)12-4-2-3-5-13(12)22-11-6-7-23(19,20)9-11/h2-5,8,11H,6-7,9H2,1H3,(H,16,17,18)/t11-/m1/s1. The van der Waals surface area contributed by atoms with Crippen LogP contribution in [0.2, 0.25) is 0 Å². The smallest absolute Gasteiger partial charge is 0.258 e. The summed E-state index contributed by atoms with van der Waals surface area (Å²) in [5, 5.41) is 5.25. The lowest BCUT2D eigenvalue weighted by molar-refractivity contribution is 0.102. The number of benzene rings is 1. The summed E-state index contributed by atoms with van der Waals surface area (Å²) in [4.78, 5) is 17.5. The predicted octanol–water partition coefficient (Wildman–Crippen LogP) is 2.98. The minimum Gasteiger partial charge on any atom is -0.298 e. The molecule has 1 saturated heterocycles. The monoisotopic (exact) mass is 368 g/mol. The molecule has 1 aromatic heterocycles. The van der Waals surface area contributed by atoms with Crippen LogP contribution in [0, 0.1) is 6.92 Å². The van der Waals surface area contributed by atoms with Crippen molar-refractivity contribution < 1.29 is 13.2 Å². The number of anilines is 1. The van der Waals surface area contributed by atoms with Gasteiger partial charge >= 0.3 is 0 Å². The van der Waals surface area contributed by atoms with Gasteiger partial charge in [0.25, 0.3) is 5.91 Å². The number of rotatable bonds is 4. The number of amides is 1. The zero-order valence-corrected chi connectivity index (χ0v) is 14.9. The van der Waals surface area contributed by atoms with Crippen LogP contribution in [-0.2, 0) is 9.84 Å². The number of hydrogen-bond acceptors (Lipinski definition) is 6. The average molecular weight is 369 g/mol. The van der Waals surface area contributed by atoms with Crippen molar-refractivity contribution in [3.63, 3.8) is 0 Å². The maximum Gasteiger partial charge on any atom is 0.258 e. The SMILES string of the molecule is Cc1csc(NC(=O)c2ccccc2S[C@@H]2CCS(=O)(=O)C2)n1. The quantitative estimate of drug-likeness (QED) is 0.898. The Morgan fingerprint density at radius 3 is 2.83 bits per heavy atom. The number of hydrogen-bond donors (Lipinski definition) is 1. The molecule has 122 valence electrons. The highest BCUT2D eigenvalue weighted by atomic mass is 32.2. The first-order valence-electron chi connectivity index (χ1n) is 7.12. The lowest BCUT2D eigenvalue weighted by atomic mass is 10.2. The molecule has 0 spiro atoms. The molecule has 5 nitrogen and oxygen atoms in total. The fourth-order valence-electron chi connectivity index (χ4n) is 2.37. The Labute approximate surface area is 143 Å². The summed E-state index contributed by atoms with van der Waals surface area (Å²) < 4.78 is 23.2. The number of nitrogens with one attached hydrogen (secondary N) is 1. The van der Waals surface area contributed by atoms with Crippen molar-refractivity contribution in [1.82, 2.24) is 4.98 Å². The molecule has 1 fully saturated rings. The Morgan fingerprint density at radius 1 is 1.39 bits per heavy atom. The fourth-order valence-corrected chi connectivity index (χ4v) is 6.68. The first kappa shape index (κ1) is 16.5. The average Bonchev–Trinajstić information content (AvgIpc) is 3.05. The summed E-state index contributed by atoms with van der Waals surface area (Å²) >= 11 is 2.85. The Kier molecular flexibility index (Phi) is 4.74. The number of sulfone groups is 1. The van der Waals surface area contributed by atoms with Crippen molar-refractivity contribution in [3.8, 4) is 0 Å². The van der Waals surface area contributed by atoms with Crippen molar-refractivity contribution in [2.24, 2.45) is 0 Å². The van der Waals surface area contributed by atoms with Crippen molar-refractivity contribution in [1.29, 1.82) is 0 Å². The highest BCUT2D eigenvalue weighted by Crippen LogP contribution is 2.33. The molecule has 0 saturated carbocycles. The minimum absolute atomic E-state index is 0.0102. The number of carbonyl (C=O) groups is 1. The van der Waals surface area contributed by atoms with E-state index in [4.69, 9.17) is 0 Å². The molecule has 0 bridgehead atoms. The maximum atomic E-state index is 12.5. The molecule has 1 atom stereocenters. The van der Waals surface area contributed by atoms with Gasteiger partial charge in [-0.25, -0.2) is 13.4 Å². The van der Waals surface area contributed by atoms with Crippen LogP contribution >= 0.6 is 23.1 Å². The molecule has 2 heterocycles. The molecule has 0 unspecified atom stereocenters. The van der Waals surface area contributed by atoms with Gasteiger partial charge in [0, 0.05) is 15.5 Å². The first-order chi connectivity index (χ1) is 10.9. The van der Waals surface area contributed by atoms with Crippen LogP contribution in [0.3, 0.4) is 0 Å². The number of carbonyl (C=O) groups excluding carboxylic acids is 1. The van der Waals surface area contributed by atoms with E-state index in [1.807, 2.05) is 24.4 Å². The second-order valence-electron chi connectivity index (χ2n) is 5.39. The van der Waals surface area contributed by atoms with Crippen molar-refractivity contribution in [3.05, 3.63) is 40.9 Å². The molecule has 1 N–H and O–H groups in total. The third kappa shape index (κ3) is 4.13. The Balaban J connectivity index is 1.76. The van der Waals surface area contributed by atoms with Gasteiger partial charge in [0.15, 0.2) is 15.0 Å². The van der Waals surface area contributed by atoms with Crippen LogP contribution < -0.4 is 5.32 Å². The van der Waals surface area contributed by atoms with Gasteiger partial charge in [0.1, 0.15) is 0 Å². The largest absolute Gasteiger partial charge is 0.298 e. The summed E-state index contributed by atoms with van der Waals surface area (Å²) in [6.07, 6.45) is 0.634. The first-order valence-corrected chi connectivity index (χ1v) is 10.7. The highest BCUT2D eigenvalue weighted by Gasteiger charge is 2.29. The van der Waals surface area contributed by atoms with Gasteiger partial charge in [-0.1, -0.05) is 12.1 Å². The molecule has 1 amide bonds. The van der Waals surface area contributed by atoms with Gasteiger partial charge in [-0.3, -0.25) is 10.1 Å². The second-order valence-corrected chi connectivity index (χ2v) is 9.82. The van der Waals surface area contributed by atoms with Gasteiger partial charge in [0.05, 0.1) is 22.8 Å². The van der Waals surface area contributed by atoms with Gasteiger partial charge in [-0.2, -0.15) is 0 Å². The van der Waals surface area contributed by atoms with Crippen LogP contribution in [-0.4, -0.2) is 36.1 Å². The lowest BCUT2D eigenvalue weighted by Gasteiger charge is -2.11. The number of aromatic nitrogens is 1. The normalized spacial score (nSPS) is 19.6. The zero-order valence-electron chi connectivity index (χ0n) is 12.5. The van der Waals surface area contributed by atoms with E-state index in [2.05, 4.69) is 10.3 Å². The van der Waals surface area contributed by atoms with Gasteiger partial charge < -0.3 is 0 Å². The molecule has 8 heteroatoms. The van der Waals surface area contributed by atoms with E-state index in [1.165, 1.54) is 23.1 Å². The maximum absolute atomic E-state index is 12.5. The molecule has 0 aliphatic carbocycles. The number of aryl methyl sites for hydroxylation is 1. The van der Waals surface area contributed by atoms with Crippen molar-refractivity contribution in [2.75, 3.05) is 16.8 Å². The van der Waals surface area contributed by atoms with Gasteiger partial charge in [-0.05, 0) is 25.5 Å². The molecule has 1 aliphatic rings. The zero-order chi connectivity index (χ0) is 16.4. The number of thioether (sulfide) groups is 1. The van der Waals surface area contributed by atoms with E-state index in [-0.39, 0.29) is 22.7 Å². The molecule has 0 radical (unpaired) electrons. The third-order valence-electron chi connectivity index (χ3n) is 3.46. The summed E-state index contributed by atoms with van der Waals surface area (Å²) in [5.41, 5.74) is 1.42. The van der Waals surface area contributed by atoms with Crippen LogP contribution in [0.15, 0.2) is 34.5 Å².